The predicted octanol–water partition coefficient (Wildman–Crippen LogP) is 1.10. The highest BCUT2D eigenvalue weighted by atomic mass is 35.5. The van der Waals surface area contributed by atoms with E-state index in [1.807, 2.05) is 0 Å². The normalized spacial score (nSPS) is 21.3. The zero-order valence-electron chi connectivity index (χ0n) is 11.9. The minimum absolute atomic E-state index is 0.0867. The van der Waals surface area contributed by atoms with Gasteiger partial charge >= 0.3 is 6.09 Å². The average Bonchev–Trinajstić information content (AvgIpc) is 2.91. The number of aromatic nitrogens is 2. The number of aliphatic hydroxyl groups is 1. The number of hydrogen-bond donors (Lipinski definition) is 3. The van der Waals surface area contributed by atoms with Crippen molar-refractivity contribution in [3.8, 4) is 0 Å². The Morgan fingerprint density at radius 3 is 2.96 bits per heavy atom. The summed E-state index contributed by atoms with van der Waals surface area (Å²) in [6.45, 7) is 0.578. The molecule has 1 aliphatic rings. The second-order valence-electron chi connectivity index (χ2n) is 5.20. The van der Waals surface area contributed by atoms with Gasteiger partial charge in [-0.3, -0.25) is 9.78 Å². The van der Waals surface area contributed by atoms with Gasteiger partial charge in [0.2, 0.25) is 0 Å². The molecule has 2 unspecified atom stereocenters. The molecular weight excluding hydrogens is 326 g/mol. The Kier molecular flexibility index (Phi) is 4.20. The minimum atomic E-state index is -1.27. The Morgan fingerprint density at radius 2 is 2.26 bits per heavy atom. The van der Waals surface area contributed by atoms with Crippen LogP contribution in [-0.4, -0.2) is 57.1 Å². The molecule has 2 aromatic rings. The lowest BCUT2D eigenvalue weighted by atomic mass is 10.1. The van der Waals surface area contributed by atoms with Gasteiger partial charge in [0.1, 0.15) is 5.52 Å². The number of carbonyl (C=O) groups excluding carboxylic acids is 1. The van der Waals surface area contributed by atoms with Crippen molar-refractivity contribution in [2.75, 3.05) is 13.2 Å². The monoisotopic (exact) mass is 339 g/mol. The fourth-order valence-corrected chi connectivity index (χ4v) is 2.80. The van der Waals surface area contributed by atoms with E-state index in [9.17, 15) is 19.8 Å². The first-order valence-electron chi connectivity index (χ1n) is 6.94. The minimum Gasteiger partial charge on any atom is -0.464 e. The van der Waals surface area contributed by atoms with Gasteiger partial charge in [-0.05, 0) is 12.5 Å². The maximum atomic E-state index is 12.5. The number of aliphatic hydroxyl groups excluding tert-OH is 1. The van der Waals surface area contributed by atoms with Crippen LogP contribution >= 0.6 is 11.6 Å². The number of rotatable bonds is 2. The third-order valence-corrected chi connectivity index (χ3v) is 4.03. The first-order valence-corrected chi connectivity index (χ1v) is 7.32. The Bertz CT molecular complexity index is 775. The van der Waals surface area contributed by atoms with Gasteiger partial charge in [-0.15, -0.1) is 0 Å². The van der Waals surface area contributed by atoms with E-state index in [-0.39, 0.29) is 28.2 Å². The molecule has 1 saturated heterocycles. The first kappa shape index (κ1) is 15.7. The maximum absolute atomic E-state index is 12.5. The summed E-state index contributed by atoms with van der Waals surface area (Å²) in [6.07, 6.45) is 0.967. The molecular formula is C14H14ClN3O5. The molecule has 0 radical (unpaired) electrons. The molecule has 2 atom stereocenters. The molecule has 0 bridgehead atoms. The Balaban J connectivity index is 1.97. The second-order valence-corrected chi connectivity index (χ2v) is 5.60. The summed E-state index contributed by atoms with van der Waals surface area (Å²) in [5.74, 6) is -0.518. The van der Waals surface area contributed by atoms with E-state index in [2.05, 4.69) is 10.3 Å². The Morgan fingerprint density at radius 1 is 1.48 bits per heavy atom. The van der Waals surface area contributed by atoms with Crippen molar-refractivity contribution < 1.29 is 24.5 Å². The van der Waals surface area contributed by atoms with Gasteiger partial charge in [-0.2, -0.15) is 0 Å². The number of ether oxygens (including phenoxy) is 1. The lowest BCUT2D eigenvalue weighted by molar-refractivity contribution is -0.0260. The third kappa shape index (κ3) is 2.88. The van der Waals surface area contributed by atoms with E-state index >= 15 is 0 Å². The number of nitrogens with one attached hydrogen (secondary N) is 1. The highest BCUT2D eigenvalue weighted by Crippen LogP contribution is 2.26. The van der Waals surface area contributed by atoms with Crippen LogP contribution in [0.1, 0.15) is 16.8 Å². The molecule has 23 heavy (non-hydrogen) atoms. The van der Waals surface area contributed by atoms with Crippen molar-refractivity contribution >= 4 is 34.6 Å². The lowest BCUT2D eigenvalue weighted by Crippen LogP contribution is -2.48. The smallest absolute Gasteiger partial charge is 0.416 e. The highest BCUT2D eigenvalue weighted by Gasteiger charge is 2.28. The fourth-order valence-electron chi connectivity index (χ4n) is 2.57. The zero-order chi connectivity index (χ0) is 16.6. The third-order valence-electron chi connectivity index (χ3n) is 3.72. The number of hydrogen-bond acceptors (Lipinski definition) is 5. The van der Waals surface area contributed by atoms with E-state index in [4.69, 9.17) is 16.3 Å². The molecule has 0 aromatic carbocycles. The van der Waals surface area contributed by atoms with E-state index in [0.29, 0.717) is 13.0 Å². The quantitative estimate of drug-likeness (QED) is 0.755. The van der Waals surface area contributed by atoms with Gasteiger partial charge < -0.3 is 20.3 Å². The van der Waals surface area contributed by atoms with E-state index in [1.54, 1.807) is 0 Å². The molecule has 9 heteroatoms. The molecule has 0 aliphatic carbocycles. The van der Waals surface area contributed by atoms with Gasteiger partial charge in [-0.1, -0.05) is 11.6 Å². The van der Waals surface area contributed by atoms with Gasteiger partial charge in [-0.25, -0.2) is 9.36 Å². The van der Waals surface area contributed by atoms with Gasteiger partial charge in [0.15, 0.2) is 0 Å². The van der Waals surface area contributed by atoms with Crippen LogP contribution in [0, 0.1) is 0 Å². The molecule has 1 amide bonds. The topological polar surface area (TPSA) is 114 Å². The van der Waals surface area contributed by atoms with Crippen molar-refractivity contribution in [2.24, 2.45) is 0 Å². The van der Waals surface area contributed by atoms with Crippen LogP contribution in [0.25, 0.3) is 11.0 Å². The van der Waals surface area contributed by atoms with Crippen LogP contribution in [0.3, 0.4) is 0 Å². The van der Waals surface area contributed by atoms with Crippen molar-refractivity contribution in [3.05, 3.63) is 29.0 Å². The van der Waals surface area contributed by atoms with Gasteiger partial charge in [0.25, 0.3) is 5.91 Å². The number of pyridine rings is 1. The highest BCUT2D eigenvalue weighted by molar-refractivity contribution is 6.35. The molecule has 0 saturated carbocycles. The number of amides is 1. The van der Waals surface area contributed by atoms with Crippen LogP contribution in [0.2, 0.25) is 5.02 Å². The fraction of sp³-hybridized carbons (Fsp3) is 0.357. The summed E-state index contributed by atoms with van der Waals surface area (Å²) in [5.41, 5.74) is 0.432. The standard InChI is InChI=1S/C14H14ClN3O5/c15-8-1-3-16-11-7(5-18(12(8)11)14(21)22)13(20)17-9-2-4-23-6-10(9)19/h1,3,5,9-10,19H,2,4,6H2,(H,17,20)(H,21,22). The SMILES string of the molecule is O=C(NC1CCOCC1O)c1cn(C(=O)O)c2c(Cl)ccnc12. The lowest BCUT2D eigenvalue weighted by Gasteiger charge is -2.28. The molecule has 1 fully saturated rings. The molecule has 1 aliphatic heterocycles. The summed E-state index contributed by atoms with van der Waals surface area (Å²) in [5, 5.41) is 22.0. The Labute approximate surface area is 135 Å². The summed E-state index contributed by atoms with van der Waals surface area (Å²) < 4.78 is 5.97. The summed E-state index contributed by atoms with van der Waals surface area (Å²) in [7, 11) is 0. The van der Waals surface area contributed by atoms with Crippen molar-refractivity contribution in [1.29, 1.82) is 0 Å². The Hall–Kier alpha value is -2.16. The number of carboxylic acid groups (broad SMARTS) is 1. The second kappa shape index (κ2) is 6.15. The van der Waals surface area contributed by atoms with E-state index in [0.717, 1.165) is 4.57 Å². The molecule has 3 N–H and O–H groups in total. The van der Waals surface area contributed by atoms with Crippen LogP contribution in [0.15, 0.2) is 18.5 Å². The summed E-state index contributed by atoms with van der Waals surface area (Å²) >= 11 is 6.03. The van der Waals surface area contributed by atoms with Crippen LogP contribution in [0.5, 0.6) is 0 Å². The van der Waals surface area contributed by atoms with E-state index < -0.39 is 24.1 Å². The predicted molar refractivity (Wildman–Crippen MR) is 80.9 cm³/mol. The summed E-state index contributed by atoms with van der Waals surface area (Å²) in [6, 6.07) is 0.992. The van der Waals surface area contributed by atoms with Gasteiger partial charge in [0.05, 0.1) is 34.9 Å². The number of fused-ring (bicyclic) bond motifs is 1. The summed E-state index contributed by atoms with van der Waals surface area (Å²) in [4.78, 5) is 27.9. The molecule has 3 rings (SSSR count). The molecule has 3 heterocycles. The zero-order valence-corrected chi connectivity index (χ0v) is 12.7. The number of halogens is 1. The number of carbonyl (C=O) groups is 2. The van der Waals surface area contributed by atoms with E-state index in [1.165, 1.54) is 18.5 Å². The van der Waals surface area contributed by atoms with Crippen LogP contribution in [-0.2, 0) is 4.74 Å². The first-order chi connectivity index (χ1) is 11.0. The maximum Gasteiger partial charge on any atom is 0.416 e. The van der Waals surface area contributed by atoms with Crippen LogP contribution < -0.4 is 5.32 Å². The molecule has 8 nitrogen and oxygen atoms in total. The molecule has 2 aromatic heterocycles. The molecule has 122 valence electrons. The van der Waals surface area contributed by atoms with Crippen molar-refractivity contribution in [2.45, 2.75) is 18.6 Å². The largest absolute Gasteiger partial charge is 0.464 e. The number of nitrogens with zero attached hydrogens (tertiary/aromatic N) is 2. The van der Waals surface area contributed by atoms with Crippen molar-refractivity contribution in [3.63, 3.8) is 0 Å². The van der Waals surface area contributed by atoms with Crippen LogP contribution in [0.4, 0.5) is 4.79 Å². The average molecular weight is 340 g/mol. The molecule has 0 spiro atoms. The van der Waals surface area contributed by atoms with Crippen molar-refractivity contribution in [1.82, 2.24) is 14.9 Å². The van der Waals surface area contributed by atoms with Gasteiger partial charge in [0, 0.05) is 19.0 Å².